The van der Waals surface area contributed by atoms with E-state index in [0.717, 1.165) is 12.1 Å². The van der Waals surface area contributed by atoms with Crippen molar-refractivity contribution in [3.8, 4) is 5.75 Å². The van der Waals surface area contributed by atoms with Crippen LogP contribution in [0.3, 0.4) is 0 Å². The molecule has 0 bridgehead atoms. The molecule has 1 amide bonds. The van der Waals surface area contributed by atoms with E-state index in [4.69, 9.17) is 0 Å². The van der Waals surface area contributed by atoms with Crippen LogP contribution in [-0.2, 0) is 0 Å². The predicted octanol–water partition coefficient (Wildman–Crippen LogP) is 3.32. The van der Waals surface area contributed by atoms with Crippen LogP contribution in [0.1, 0.15) is 10.5 Å². The van der Waals surface area contributed by atoms with Crippen LogP contribution in [-0.4, -0.2) is 22.5 Å². The summed E-state index contributed by atoms with van der Waals surface area (Å²) in [6, 6.07) is 4.95. The number of ether oxygens (including phenoxy) is 1. The lowest BCUT2D eigenvalue weighted by atomic mass is 10.3. The molecule has 0 radical (unpaired) electrons. The molecule has 2 rings (SSSR count). The van der Waals surface area contributed by atoms with Gasteiger partial charge in [-0.25, -0.2) is 0 Å². The highest BCUT2D eigenvalue weighted by molar-refractivity contribution is 9.10. The first-order valence-corrected chi connectivity index (χ1v) is 6.01. The molecule has 0 aliphatic rings. The summed E-state index contributed by atoms with van der Waals surface area (Å²) in [6.07, 6.45) is -3.29. The molecular formula is C11H7BrF3N3O2. The van der Waals surface area contributed by atoms with Gasteiger partial charge in [-0.15, -0.1) is 13.2 Å². The maximum atomic E-state index is 12.1. The second-order valence-corrected chi connectivity index (χ2v) is 4.46. The highest BCUT2D eigenvalue weighted by Gasteiger charge is 2.31. The number of nitrogens with zero attached hydrogens (tertiary/aromatic N) is 1. The third kappa shape index (κ3) is 3.73. The van der Waals surface area contributed by atoms with Crippen molar-refractivity contribution in [2.24, 2.45) is 0 Å². The van der Waals surface area contributed by atoms with E-state index >= 15 is 0 Å². The summed E-state index contributed by atoms with van der Waals surface area (Å²) < 4.78 is 40.2. The fraction of sp³-hybridized carbons (Fsp3) is 0.0909. The van der Waals surface area contributed by atoms with Gasteiger partial charge in [0, 0.05) is 10.7 Å². The van der Waals surface area contributed by atoms with Crippen LogP contribution in [0.5, 0.6) is 5.75 Å². The summed E-state index contributed by atoms with van der Waals surface area (Å²) in [5.41, 5.74) is 0.458. The lowest BCUT2D eigenvalue weighted by Gasteiger charge is -2.11. The Morgan fingerprint density at radius 2 is 2.10 bits per heavy atom. The van der Waals surface area contributed by atoms with Gasteiger partial charge in [-0.1, -0.05) is 0 Å². The number of halogens is 4. The molecule has 1 aromatic carbocycles. The Hall–Kier alpha value is -2.03. The van der Waals surface area contributed by atoms with E-state index in [-0.39, 0.29) is 15.9 Å². The quantitative estimate of drug-likeness (QED) is 0.893. The third-order valence-corrected chi connectivity index (χ3v) is 2.81. The minimum absolute atomic E-state index is 0.160. The lowest BCUT2D eigenvalue weighted by Crippen LogP contribution is -2.17. The number of carbonyl (C=O) groups is 1. The first-order chi connectivity index (χ1) is 9.35. The topological polar surface area (TPSA) is 67.0 Å². The largest absolute Gasteiger partial charge is 0.573 e. The number of nitrogens with one attached hydrogen (secondary N) is 2. The van der Waals surface area contributed by atoms with E-state index in [1.54, 1.807) is 0 Å². The first kappa shape index (κ1) is 14.4. The van der Waals surface area contributed by atoms with Crippen molar-refractivity contribution in [1.82, 2.24) is 10.2 Å². The zero-order valence-electron chi connectivity index (χ0n) is 9.66. The molecular weight excluding hydrogens is 343 g/mol. The molecule has 0 aliphatic heterocycles. The number of H-pyrrole nitrogens is 1. The van der Waals surface area contributed by atoms with E-state index < -0.39 is 12.3 Å². The average Bonchev–Trinajstić information content (AvgIpc) is 2.84. The molecule has 0 aliphatic carbocycles. The van der Waals surface area contributed by atoms with E-state index in [2.05, 4.69) is 36.2 Å². The molecule has 1 aromatic heterocycles. The smallest absolute Gasteiger partial charge is 0.406 e. The highest BCUT2D eigenvalue weighted by Crippen LogP contribution is 2.30. The number of benzene rings is 1. The SMILES string of the molecule is O=C(Nc1ccc(OC(F)(F)F)cc1Br)c1cc[nH]n1. The number of aromatic nitrogens is 2. The lowest BCUT2D eigenvalue weighted by molar-refractivity contribution is -0.274. The zero-order valence-corrected chi connectivity index (χ0v) is 11.2. The summed E-state index contributed by atoms with van der Waals surface area (Å²) >= 11 is 3.06. The molecule has 0 saturated carbocycles. The molecule has 0 saturated heterocycles. The number of rotatable bonds is 3. The normalized spacial score (nSPS) is 11.2. The number of aromatic amines is 1. The molecule has 2 N–H and O–H groups in total. The monoisotopic (exact) mass is 349 g/mol. The van der Waals surface area contributed by atoms with Crippen LogP contribution in [0.25, 0.3) is 0 Å². The van der Waals surface area contributed by atoms with Crippen molar-refractivity contribution >= 4 is 27.5 Å². The molecule has 106 valence electrons. The molecule has 0 unspecified atom stereocenters. The zero-order chi connectivity index (χ0) is 14.8. The Morgan fingerprint density at radius 1 is 1.35 bits per heavy atom. The maximum absolute atomic E-state index is 12.1. The van der Waals surface area contributed by atoms with Crippen molar-refractivity contribution in [1.29, 1.82) is 0 Å². The fourth-order valence-electron chi connectivity index (χ4n) is 1.37. The predicted molar refractivity (Wildman–Crippen MR) is 67.4 cm³/mol. The summed E-state index contributed by atoms with van der Waals surface area (Å²) in [6.45, 7) is 0. The van der Waals surface area contributed by atoms with Gasteiger partial charge in [-0.2, -0.15) is 5.10 Å². The van der Waals surface area contributed by atoms with Crippen molar-refractivity contribution in [2.75, 3.05) is 5.32 Å². The minimum Gasteiger partial charge on any atom is -0.406 e. The molecule has 0 atom stereocenters. The Morgan fingerprint density at radius 3 is 2.65 bits per heavy atom. The number of amides is 1. The van der Waals surface area contributed by atoms with Crippen LogP contribution in [0, 0.1) is 0 Å². The summed E-state index contributed by atoms with van der Waals surface area (Å²) in [5, 5.41) is 8.66. The first-order valence-electron chi connectivity index (χ1n) is 5.21. The molecule has 5 nitrogen and oxygen atoms in total. The fourth-order valence-corrected chi connectivity index (χ4v) is 1.82. The number of anilines is 1. The van der Waals surface area contributed by atoms with Gasteiger partial charge < -0.3 is 10.1 Å². The van der Waals surface area contributed by atoms with Gasteiger partial charge in [0.25, 0.3) is 5.91 Å². The van der Waals surface area contributed by atoms with Crippen LogP contribution >= 0.6 is 15.9 Å². The van der Waals surface area contributed by atoms with E-state index in [1.807, 2.05) is 0 Å². The number of carbonyl (C=O) groups excluding carboxylic acids is 1. The molecule has 20 heavy (non-hydrogen) atoms. The van der Waals surface area contributed by atoms with Crippen molar-refractivity contribution in [3.63, 3.8) is 0 Å². The van der Waals surface area contributed by atoms with Crippen LogP contribution in [0.15, 0.2) is 34.9 Å². The third-order valence-electron chi connectivity index (χ3n) is 2.16. The average molecular weight is 350 g/mol. The van der Waals surface area contributed by atoms with Crippen molar-refractivity contribution in [2.45, 2.75) is 6.36 Å². The van der Waals surface area contributed by atoms with Crippen molar-refractivity contribution in [3.05, 3.63) is 40.6 Å². The Labute approximate surface area is 119 Å². The second-order valence-electron chi connectivity index (χ2n) is 3.60. The molecule has 9 heteroatoms. The van der Waals surface area contributed by atoms with E-state index in [1.165, 1.54) is 18.3 Å². The number of hydrogen-bond acceptors (Lipinski definition) is 3. The summed E-state index contributed by atoms with van der Waals surface area (Å²) in [4.78, 5) is 11.7. The summed E-state index contributed by atoms with van der Waals surface area (Å²) in [5.74, 6) is -0.876. The Balaban J connectivity index is 2.12. The van der Waals surface area contributed by atoms with Gasteiger partial charge in [-0.3, -0.25) is 9.89 Å². The van der Waals surface area contributed by atoms with E-state index in [9.17, 15) is 18.0 Å². The summed E-state index contributed by atoms with van der Waals surface area (Å²) in [7, 11) is 0. The van der Waals surface area contributed by atoms with Gasteiger partial charge in [0.05, 0.1) is 5.69 Å². The molecule has 1 heterocycles. The van der Waals surface area contributed by atoms with Gasteiger partial charge in [-0.05, 0) is 40.2 Å². The van der Waals surface area contributed by atoms with Gasteiger partial charge in [0.2, 0.25) is 0 Å². The standard InChI is InChI=1S/C11H7BrF3N3O2/c12-7-5-6(20-11(13,14)15)1-2-8(7)17-10(19)9-3-4-16-18-9/h1-5H,(H,16,18)(H,17,19). The van der Waals surface area contributed by atoms with Crippen LogP contribution in [0.2, 0.25) is 0 Å². The van der Waals surface area contributed by atoms with Gasteiger partial charge >= 0.3 is 6.36 Å². The number of hydrogen-bond donors (Lipinski definition) is 2. The molecule has 0 spiro atoms. The minimum atomic E-state index is -4.76. The van der Waals surface area contributed by atoms with Gasteiger partial charge in [0.15, 0.2) is 0 Å². The maximum Gasteiger partial charge on any atom is 0.573 e. The highest BCUT2D eigenvalue weighted by atomic mass is 79.9. The van der Waals surface area contributed by atoms with Crippen molar-refractivity contribution < 1.29 is 22.7 Å². The van der Waals surface area contributed by atoms with Crippen LogP contribution in [0.4, 0.5) is 18.9 Å². The Bertz CT molecular complexity index is 614. The Kier molecular flexibility index (Phi) is 3.98. The van der Waals surface area contributed by atoms with Crippen LogP contribution < -0.4 is 10.1 Å². The number of alkyl halides is 3. The van der Waals surface area contributed by atoms with E-state index in [0.29, 0.717) is 5.69 Å². The van der Waals surface area contributed by atoms with Gasteiger partial charge in [0.1, 0.15) is 11.4 Å². The molecule has 2 aromatic rings. The molecule has 0 fully saturated rings. The second kappa shape index (κ2) is 5.53.